The van der Waals surface area contributed by atoms with Gasteiger partial charge < -0.3 is 10.6 Å². The number of hydrogen-bond donors (Lipinski definition) is 2. The lowest BCUT2D eigenvalue weighted by Crippen LogP contribution is -2.33. The highest BCUT2D eigenvalue weighted by atomic mass is 35.5. The van der Waals surface area contributed by atoms with Crippen molar-refractivity contribution in [3.05, 3.63) is 29.8 Å². The molecule has 5 nitrogen and oxygen atoms in total. The second kappa shape index (κ2) is 10.6. The maximum absolute atomic E-state index is 12.2. The molecule has 0 saturated heterocycles. The van der Waals surface area contributed by atoms with Crippen LogP contribution < -0.4 is 10.6 Å². The highest BCUT2D eigenvalue weighted by molar-refractivity contribution is 7.91. The molecule has 10 heteroatoms. The van der Waals surface area contributed by atoms with E-state index in [1.807, 2.05) is 6.92 Å². The van der Waals surface area contributed by atoms with E-state index in [2.05, 4.69) is 10.6 Å². The first-order valence-electron chi connectivity index (χ1n) is 7.50. The number of amides is 1. The zero-order valence-electron chi connectivity index (χ0n) is 13.7. The molecule has 0 saturated carbocycles. The number of nitrogens with one attached hydrogen (secondary N) is 2. The summed E-state index contributed by atoms with van der Waals surface area (Å²) in [6.45, 7) is 4.01. The summed E-state index contributed by atoms with van der Waals surface area (Å²) < 4.78 is 59.9. The van der Waals surface area contributed by atoms with Crippen LogP contribution in [0.5, 0.6) is 0 Å². The highest BCUT2D eigenvalue weighted by Gasteiger charge is 2.35. The van der Waals surface area contributed by atoms with E-state index in [1.165, 1.54) is 12.1 Å². The average molecular weight is 403 g/mol. The maximum Gasteiger partial charge on any atom is 0.403 e. The number of sulfone groups is 1. The van der Waals surface area contributed by atoms with Crippen molar-refractivity contribution in [1.82, 2.24) is 10.6 Å². The third-order valence-corrected chi connectivity index (χ3v) is 4.75. The first-order chi connectivity index (χ1) is 11.1. The summed E-state index contributed by atoms with van der Waals surface area (Å²) in [5, 5.41) is 5.82. The third-order valence-electron chi connectivity index (χ3n) is 3.05. The van der Waals surface area contributed by atoms with Gasteiger partial charge in [-0.2, -0.15) is 13.2 Å². The Hall–Kier alpha value is -1.32. The molecule has 0 fully saturated rings. The van der Waals surface area contributed by atoms with Crippen molar-refractivity contribution in [3.63, 3.8) is 0 Å². The van der Waals surface area contributed by atoms with Gasteiger partial charge in [0, 0.05) is 13.1 Å². The van der Waals surface area contributed by atoms with Gasteiger partial charge in [0.25, 0.3) is 0 Å². The zero-order valence-corrected chi connectivity index (χ0v) is 15.4. The highest BCUT2D eigenvalue weighted by Crippen LogP contribution is 2.22. The van der Waals surface area contributed by atoms with Crippen LogP contribution in [0.3, 0.4) is 0 Å². The zero-order chi connectivity index (χ0) is 18.2. The summed E-state index contributed by atoms with van der Waals surface area (Å²) >= 11 is 0. The van der Waals surface area contributed by atoms with E-state index < -0.39 is 26.7 Å². The predicted molar refractivity (Wildman–Crippen MR) is 91.7 cm³/mol. The molecule has 0 aliphatic carbocycles. The molecule has 0 bridgehead atoms. The molecule has 0 aromatic heterocycles. The summed E-state index contributed by atoms with van der Waals surface area (Å²) in [7, 11) is -4.42. The van der Waals surface area contributed by atoms with Gasteiger partial charge in [0.1, 0.15) is 0 Å². The molecular weight excluding hydrogens is 381 g/mol. The topological polar surface area (TPSA) is 75.3 Å². The van der Waals surface area contributed by atoms with Crippen LogP contribution in [0.25, 0.3) is 0 Å². The van der Waals surface area contributed by atoms with Crippen LogP contribution in [0.15, 0.2) is 29.2 Å². The molecule has 1 aromatic rings. The van der Waals surface area contributed by atoms with E-state index in [0.717, 1.165) is 25.1 Å². The van der Waals surface area contributed by atoms with Crippen molar-refractivity contribution in [2.75, 3.05) is 25.4 Å². The van der Waals surface area contributed by atoms with Crippen molar-refractivity contribution in [2.24, 2.45) is 0 Å². The predicted octanol–water partition coefficient (Wildman–Crippen LogP) is 2.10. The Labute approximate surface area is 151 Å². The molecule has 144 valence electrons. The minimum absolute atomic E-state index is 0. The maximum atomic E-state index is 12.2. The molecule has 0 aliphatic rings. The fraction of sp³-hybridized carbons (Fsp3) is 0.533. The molecular formula is C15H22ClF3N2O3S. The molecule has 0 atom stereocenters. The fourth-order valence-electron chi connectivity index (χ4n) is 1.95. The van der Waals surface area contributed by atoms with Gasteiger partial charge >= 0.3 is 6.18 Å². The van der Waals surface area contributed by atoms with E-state index in [-0.39, 0.29) is 24.7 Å². The molecule has 25 heavy (non-hydrogen) atoms. The number of benzene rings is 1. The molecule has 0 spiro atoms. The smallest absolute Gasteiger partial charge is 0.355 e. The van der Waals surface area contributed by atoms with Crippen LogP contribution in [-0.4, -0.2) is 45.9 Å². The second-order valence-electron chi connectivity index (χ2n) is 5.29. The van der Waals surface area contributed by atoms with Crippen molar-refractivity contribution in [1.29, 1.82) is 0 Å². The SMILES string of the molecule is CCCNCCNC(=O)Cc1ccc(S(=O)(=O)CC(F)(F)F)cc1.Cl. The number of carbonyl (C=O) groups excluding carboxylic acids is 1. The number of rotatable bonds is 9. The lowest BCUT2D eigenvalue weighted by Gasteiger charge is -2.09. The molecule has 2 N–H and O–H groups in total. The Balaban J connectivity index is 0.00000576. The summed E-state index contributed by atoms with van der Waals surface area (Å²) in [6, 6.07) is 4.87. The van der Waals surface area contributed by atoms with Gasteiger partial charge in [-0.05, 0) is 30.7 Å². The van der Waals surface area contributed by atoms with Crippen LogP contribution in [-0.2, 0) is 21.1 Å². The number of alkyl halides is 3. The Morgan fingerprint density at radius 1 is 1.08 bits per heavy atom. The molecule has 0 radical (unpaired) electrons. The second-order valence-corrected chi connectivity index (χ2v) is 7.28. The van der Waals surface area contributed by atoms with Crippen LogP contribution in [0.2, 0.25) is 0 Å². The summed E-state index contributed by atoms with van der Waals surface area (Å²) in [6.07, 6.45) is -3.76. The Kier molecular flexibility index (Phi) is 10.1. The Morgan fingerprint density at radius 3 is 2.20 bits per heavy atom. The van der Waals surface area contributed by atoms with E-state index in [1.54, 1.807) is 0 Å². The largest absolute Gasteiger partial charge is 0.403 e. The molecule has 0 unspecified atom stereocenters. The van der Waals surface area contributed by atoms with E-state index >= 15 is 0 Å². The van der Waals surface area contributed by atoms with Gasteiger partial charge in [-0.3, -0.25) is 4.79 Å². The minimum atomic E-state index is -4.79. The standard InChI is InChI=1S/C15H21F3N2O3S.ClH/c1-2-7-19-8-9-20-14(21)10-12-3-5-13(6-4-12)24(22,23)11-15(16,17)18;/h3-6,19H,2,7-11H2,1H3,(H,20,21);1H. The van der Waals surface area contributed by atoms with Gasteiger partial charge in [0.15, 0.2) is 15.6 Å². The quantitative estimate of drug-likeness (QED) is 0.620. The van der Waals surface area contributed by atoms with E-state index in [0.29, 0.717) is 18.7 Å². The Morgan fingerprint density at radius 2 is 1.68 bits per heavy atom. The summed E-state index contributed by atoms with van der Waals surface area (Å²) in [5.74, 6) is -2.14. The van der Waals surface area contributed by atoms with Gasteiger partial charge in [-0.15, -0.1) is 12.4 Å². The van der Waals surface area contributed by atoms with Gasteiger partial charge in [0.05, 0.1) is 11.3 Å². The van der Waals surface area contributed by atoms with Crippen LogP contribution in [0, 0.1) is 0 Å². The van der Waals surface area contributed by atoms with Crippen molar-refractivity contribution in [3.8, 4) is 0 Å². The third kappa shape index (κ3) is 9.66. The average Bonchev–Trinajstić information content (AvgIpc) is 2.45. The number of hydrogen-bond acceptors (Lipinski definition) is 4. The minimum Gasteiger partial charge on any atom is -0.355 e. The Bertz CT molecular complexity index is 634. The van der Waals surface area contributed by atoms with E-state index in [4.69, 9.17) is 0 Å². The number of carbonyl (C=O) groups is 1. The van der Waals surface area contributed by atoms with Crippen molar-refractivity contribution < 1.29 is 26.4 Å². The van der Waals surface area contributed by atoms with Gasteiger partial charge in [-0.1, -0.05) is 19.1 Å². The molecule has 1 aromatic carbocycles. The first-order valence-corrected chi connectivity index (χ1v) is 9.15. The fourth-order valence-corrected chi connectivity index (χ4v) is 3.10. The molecule has 0 aliphatic heterocycles. The lowest BCUT2D eigenvalue weighted by atomic mass is 10.1. The molecule has 1 amide bonds. The monoisotopic (exact) mass is 402 g/mol. The molecule has 1 rings (SSSR count). The summed E-state index contributed by atoms with van der Waals surface area (Å²) in [4.78, 5) is 11.3. The first kappa shape index (κ1) is 23.7. The molecule has 0 heterocycles. The van der Waals surface area contributed by atoms with Gasteiger partial charge in [0.2, 0.25) is 5.91 Å². The summed E-state index contributed by atoms with van der Waals surface area (Å²) in [5.41, 5.74) is 0.528. The number of halogens is 4. The van der Waals surface area contributed by atoms with Crippen LogP contribution in [0.4, 0.5) is 13.2 Å². The van der Waals surface area contributed by atoms with Crippen LogP contribution >= 0.6 is 12.4 Å². The van der Waals surface area contributed by atoms with Crippen molar-refractivity contribution >= 4 is 28.2 Å². The normalized spacial score (nSPS) is 11.7. The van der Waals surface area contributed by atoms with Crippen LogP contribution in [0.1, 0.15) is 18.9 Å². The van der Waals surface area contributed by atoms with E-state index in [9.17, 15) is 26.4 Å². The van der Waals surface area contributed by atoms with Crippen molar-refractivity contribution in [2.45, 2.75) is 30.8 Å². The lowest BCUT2D eigenvalue weighted by molar-refractivity contribution is -0.120. The van der Waals surface area contributed by atoms with Gasteiger partial charge in [-0.25, -0.2) is 8.42 Å².